The molecule has 0 amide bonds. The Hall–Kier alpha value is -1.53. The van der Waals surface area contributed by atoms with Crippen LogP contribution in [0.25, 0.3) is 0 Å². The first-order chi connectivity index (χ1) is 9.06. The second-order valence-corrected chi connectivity index (χ2v) is 4.95. The fraction of sp³-hybridized carbons (Fsp3) is 0. The van der Waals surface area contributed by atoms with Crippen LogP contribution in [0.5, 0.6) is 0 Å². The van der Waals surface area contributed by atoms with Gasteiger partial charge in [-0.15, -0.1) is 0 Å². The second kappa shape index (κ2) is 6.08. The first-order valence-corrected chi connectivity index (χ1v) is 6.54. The minimum absolute atomic E-state index is 0.0988. The maximum Gasteiger partial charge on any atom is 0.175 e. The van der Waals surface area contributed by atoms with Crippen molar-refractivity contribution in [1.29, 1.82) is 0 Å². The Labute approximate surface area is 123 Å². The molecule has 0 spiro atoms. The summed E-state index contributed by atoms with van der Waals surface area (Å²) in [5, 5.41) is 5.80. The number of nitrogens with one attached hydrogen (secondary N) is 2. The van der Waals surface area contributed by atoms with Crippen molar-refractivity contribution >= 4 is 44.6 Å². The fourth-order valence-electron chi connectivity index (χ4n) is 1.42. The molecule has 0 radical (unpaired) electrons. The first kappa shape index (κ1) is 13.9. The third kappa shape index (κ3) is 3.71. The summed E-state index contributed by atoms with van der Waals surface area (Å²) >= 11 is 8.05. The summed E-state index contributed by atoms with van der Waals surface area (Å²) in [5.74, 6) is -1.37. The van der Waals surface area contributed by atoms with Crippen molar-refractivity contribution in [2.75, 3.05) is 10.6 Å². The average Bonchev–Trinajstić information content (AvgIpc) is 2.37. The zero-order valence-electron chi connectivity index (χ0n) is 9.58. The number of hydrogen-bond acceptors (Lipinski definition) is 1. The van der Waals surface area contributed by atoms with Gasteiger partial charge in [0.2, 0.25) is 0 Å². The van der Waals surface area contributed by atoms with Crippen LogP contribution in [-0.4, -0.2) is 5.11 Å². The Morgan fingerprint density at radius 3 is 2.37 bits per heavy atom. The highest BCUT2D eigenvalue weighted by Gasteiger charge is 2.09. The Morgan fingerprint density at radius 2 is 1.68 bits per heavy atom. The highest BCUT2D eigenvalue weighted by atomic mass is 79.9. The van der Waals surface area contributed by atoms with Gasteiger partial charge in [-0.3, -0.25) is 0 Å². The first-order valence-electron chi connectivity index (χ1n) is 5.34. The molecule has 0 saturated heterocycles. The lowest BCUT2D eigenvalue weighted by molar-refractivity contribution is 0.582. The van der Waals surface area contributed by atoms with E-state index in [1.807, 2.05) is 30.3 Å². The number of benzene rings is 2. The predicted molar refractivity (Wildman–Crippen MR) is 80.3 cm³/mol. The molecule has 0 heterocycles. The van der Waals surface area contributed by atoms with Crippen LogP contribution < -0.4 is 10.6 Å². The summed E-state index contributed by atoms with van der Waals surface area (Å²) in [6, 6.07) is 11.3. The number of thiocarbonyl (C=S) groups is 1. The van der Waals surface area contributed by atoms with E-state index in [9.17, 15) is 8.78 Å². The van der Waals surface area contributed by atoms with Crippen molar-refractivity contribution in [3.8, 4) is 0 Å². The summed E-state index contributed by atoms with van der Waals surface area (Å²) < 4.78 is 26.8. The molecule has 0 fully saturated rings. The quantitative estimate of drug-likeness (QED) is 0.619. The van der Waals surface area contributed by atoms with Crippen LogP contribution >= 0.6 is 28.1 Å². The zero-order chi connectivity index (χ0) is 13.8. The second-order valence-electron chi connectivity index (χ2n) is 3.69. The molecule has 0 atom stereocenters. The van der Waals surface area contributed by atoms with Crippen LogP contribution in [0, 0.1) is 11.6 Å². The van der Waals surface area contributed by atoms with Gasteiger partial charge in [-0.1, -0.05) is 18.2 Å². The van der Waals surface area contributed by atoms with E-state index in [-0.39, 0.29) is 15.3 Å². The Kier molecular flexibility index (Phi) is 4.44. The van der Waals surface area contributed by atoms with Gasteiger partial charge in [0.15, 0.2) is 5.11 Å². The van der Waals surface area contributed by atoms with Crippen LogP contribution in [0.15, 0.2) is 46.9 Å². The van der Waals surface area contributed by atoms with Crippen LogP contribution in [0.3, 0.4) is 0 Å². The minimum Gasteiger partial charge on any atom is -0.332 e. The molecule has 2 N–H and O–H groups in total. The maximum atomic E-state index is 13.5. The molecule has 2 aromatic carbocycles. The topological polar surface area (TPSA) is 24.1 Å². The number of para-hydroxylation sites is 1. The lowest BCUT2D eigenvalue weighted by atomic mass is 10.3. The molecule has 2 nitrogen and oxygen atoms in total. The summed E-state index contributed by atoms with van der Waals surface area (Å²) in [6.07, 6.45) is 0. The van der Waals surface area contributed by atoms with E-state index < -0.39 is 11.6 Å². The molecule has 98 valence electrons. The van der Waals surface area contributed by atoms with Crippen LogP contribution in [0.1, 0.15) is 0 Å². The third-order valence-corrected chi connectivity index (χ3v) is 3.10. The van der Waals surface area contributed by atoms with Crippen LogP contribution in [-0.2, 0) is 0 Å². The molecule has 0 bridgehead atoms. The Morgan fingerprint density at radius 1 is 1.00 bits per heavy atom. The molecule has 19 heavy (non-hydrogen) atoms. The van der Waals surface area contributed by atoms with Crippen molar-refractivity contribution in [2.45, 2.75) is 0 Å². The normalized spacial score (nSPS) is 10.1. The van der Waals surface area contributed by atoms with Gasteiger partial charge in [-0.05, 0) is 46.3 Å². The highest BCUT2D eigenvalue weighted by molar-refractivity contribution is 9.10. The van der Waals surface area contributed by atoms with E-state index in [1.165, 1.54) is 6.07 Å². The summed E-state index contributed by atoms with van der Waals surface area (Å²) in [6.45, 7) is 0. The number of hydrogen-bond donors (Lipinski definition) is 2. The number of rotatable bonds is 2. The van der Waals surface area contributed by atoms with Gasteiger partial charge in [-0.2, -0.15) is 0 Å². The van der Waals surface area contributed by atoms with E-state index in [2.05, 4.69) is 26.6 Å². The third-order valence-electron chi connectivity index (χ3n) is 2.29. The molecular formula is C13H9BrF2N2S. The predicted octanol–water partition coefficient (Wildman–Crippen LogP) is 4.54. The molecule has 0 aromatic heterocycles. The largest absolute Gasteiger partial charge is 0.332 e. The van der Waals surface area contributed by atoms with Crippen molar-refractivity contribution in [2.24, 2.45) is 0 Å². The molecule has 6 heteroatoms. The van der Waals surface area contributed by atoms with Gasteiger partial charge in [0.05, 0.1) is 10.2 Å². The Bertz CT molecular complexity index is 605. The van der Waals surface area contributed by atoms with Gasteiger partial charge in [-0.25, -0.2) is 8.78 Å². The van der Waals surface area contributed by atoms with Crippen LogP contribution in [0.2, 0.25) is 0 Å². The van der Waals surface area contributed by atoms with Crippen molar-refractivity contribution < 1.29 is 8.78 Å². The van der Waals surface area contributed by atoms with Crippen LogP contribution in [0.4, 0.5) is 20.2 Å². The van der Waals surface area contributed by atoms with Gasteiger partial charge in [0.25, 0.3) is 0 Å². The molecular weight excluding hydrogens is 334 g/mol. The van der Waals surface area contributed by atoms with E-state index in [1.54, 1.807) is 0 Å². The van der Waals surface area contributed by atoms with E-state index >= 15 is 0 Å². The van der Waals surface area contributed by atoms with E-state index in [0.29, 0.717) is 0 Å². The maximum absolute atomic E-state index is 13.5. The van der Waals surface area contributed by atoms with E-state index in [4.69, 9.17) is 12.2 Å². The Balaban J connectivity index is 2.09. The highest BCUT2D eigenvalue weighted by Crippen LogP contribution is 2.23. The van der Waals surface area contributed by atoms with Gasteiger partial charge in [0.1, 0.15) is 11.6 Å². The summed E-state index contributed by atoms with van der Waals surface area (Å²) in [5.41, 5.74) is 0.878. The SMILES string of the molecule is Fc1cc(F)c(NC(=S)Nc2ccccc2)cc1Br. The number of halogens is 3. The zero-order valence-corrected chi connectivity index (χ0v) is 12.0. The molecule has 0 aliphatic rings. The van der Waals surface area contributed by atoms with Crippen molar-refractivity contribution in [3.63, 3.8) is 0 Å². The molecule has 0 unspecified atom stereocenters. The molecule has 2 rings (SSSR count). The summed E-state index contributed by atoms with van der Waals surface area (Å²) in [4.78, 5) is 0. The standard InChI is InChI=1S/C13H9BrF2N2S/c14-9-6-12(11(16)7-10(9)15)18-13(19)17-8-4-2-1-3-5-8/h1-7H,(H2,17,18,19). The average molecular weight is 343 g/mol. The smallest absolute Gasteiger partial charge is 0.175 e. The molecule has 2 aromatic rings. The summed E-state index contributed by atoms with van der Waals surface area (Å²) in [7, 11) is 0. The monoisotopic (exact) mass is 342 g/mol. The molecule has 0 aliphatic carbocycles. The lowest BCUT2D eigenvalue weighted by Gasteiger charge is -2.11. The number of anilines is 2. The lowest BCUT2D eigenvalue weighted by Crippen LogP contribution is -2.19. The fourth-order valence-corrected chi connectivity index (χ4v) is 2.00. The van der Waals surface area contributed by atoms with Crippen molar-refractivity contribution in [1.82, 2.24) is 0 Å². The van der Waals surface area contributed by atoms with Crippen molar-refractivity contribution in [3.05, 3.63) is 58.6 Å². The van der Waals surface area contributed by atoms with Gasteiger partial charge in [0, 0.05) is 11.8 Å². The molecule has 0 aliphatic heterocycles. The molecule has 0 saturated carbocycles. The van der Waals surface area contributed by atoms with Gasteiger partial charge >= 0.3 is 0 Å². The van der Waals surface area contributed by atoms with Gasteiger partial charge < -0.3 is 10.6 Å². The van der Waals surface area contributed by atoms with E-state index in [0.717, 1.165) is 11.8 Å². The minimum atomic E-state index is -0.710.